The Hall–Kier alpha value is -3.19. The Kier molecular flexibility index (Phi) is 6.61. The van der Waals surface area contributed by atoms with Gasteiger partial charge in [0.05, 0.1) is 24.1 Å². The summed E-state index contributed by atoms with van der Waals surface area (Å²) >= 11 is 1.27. The van der Waals surface area contributed by atoms with Crippen LogP contribution in [-0.2, 0) is 9.53 Å². The van der Waals surface area contributed by atoms with Gasteiger partial charge in [-0.15, -0.1) is 0 Å². The molecule has 1 N–H and O–H groups in total. The molecular formula is C22H21N3O3S. The number of nitrogens with one attached hydrogen (secondary N) is 1. The van der Waals surface area contributed by atoms with Gasteiger partial charge in [0.1, 0.15) is 0 Å². The minimum atomic E-state index is -0.448. The Bertz CT molecular complexity index is 1040. The number of aryl methyl sites for hydroxylation is 2. The van der Waals surface area contributed by atoms with Crippen molar-refractivity contribution in [2.75, 3.05) is 18.2 Å². The predicted octanol–water partition coefficient (Wildman–Crippen LogP) is 4.28. The fourth-order valence-electron chi connectivity index (χ4n) is 2.68. The molecule has 0 fully saturated rings. The maximum atomic E-state index is 12.4. The predicted molar refractivity (Wildman–Crippen MR) is 114 cm³/mol. The molecular weight excluding hydrogens is 386 g/mol. The number of thioether (sulfide) groups is 1. The molecule has 1 heterocycles. The number of ether oxygens (including phenoxy) is 1. The molecule has 0 saturated carbocycles. The number of carbonyl (C=O) groups is 2. The molecule has 0 saturated heterocycles. The lowest BCUT2D eigenvalue weighted by Gasteiger charge is -2.10. The maximum Gasteiger partial charge on any atom is 0.337 e. The van der Waals surface area contributed by atoms with Gasteiger partial charge in [-0.2, -0.15) is 0 Å². The number of hydrogen-bond donors (Lipinski definition) is 1. The SMILES string of the molecule is COC(=O)c1ccc(C)c(NC(=O)CSc2nc(C)cc(-c3ccccc3)n2)c1. The van der Waals surface area contributed by atoms with Crippen LogP contribution in [-0.4, -0.2) is 34.7 Å². The van der Waals surface area contributed by atoms with Gasteiger partial charge in [-0.3, -0.25) is 4.79 Å². The molecule has 3 aromatic rings. The summed E-state index contributed by atoms with van der Waals surface area (Å²) in [4.78, 5) is 33.1. The van der Waals surface area contributed by atoms with Crippen molar-refractivity contribution >= 4 is 29.3 Å². The molecule has 1 aromatic heterocycles. The van der Waals surface area contributed by atoms with Crippen LogP contribution in [0.15, 0.2) is 59.8 Å². The van der Waals surface area contributed by atoms with Gasteiger partial charge >= 0.3 is 5.97 Å². The summed E-state index contributed by atoms with van der Waals surface area (Å²) in [6.45, 7) is 3.76. The highest BCUT2D eigenvalue weighted by Gasteiger charge is 2.12. The van der Waals surface area contributed by atoms with Crippen LogP contribution < -0.4 is 5.32 Å². The van der Waals surface area contributed by atoms with Crippen molar-refractivity contribution in [3.63, 3.8) is 0 Å². The molecule has 0 aliphatic carbocycles. The molecule has 2 aromatic carbocycles. The number of carbonyl (C=O) groups excluding carboxylic acids is 2. The number of benzene rings is 2. The molecule has 0 aliphatic heterocycles. The molecule has 0 unspecified atom stereocenters. The zero-order chi connectivity index (χ0) is 20.8. The number of nitrogens with zero attached hydrogens (tertiary/aromatic N) is 2. The minimum Gasteiger partial charge on any atom is -0.465 e. The Morgan fingerprint density at radius 3 is 2.52 bits per heavy atom. The Morgan fingerprint density at radius 1 is 1.03 bits per heavy atom. The quantitative estimate of drug-likeness (QED) is 0.373. The smallest absolute Gasteiger partial charge is 0.337 e. The molecule has 29 heavy (non-hydrogen) atoms. The van der Waals surface area contributed by atoms with E-state index in [1.165, 1.54) is 18.9 Å². The van der Waals surface area contributed by atoms with E-state index in [1.807, 2.05) is 50.2 Å². The molecule has 148 valence electrons. The Balaban J connectivity index is 1.69. The molecule has 0 aliphatic rings. The van der Waals surface area contributed by atoms with Crippen LogP contribution in [0.4, 0.5) is 5.69 Å². The van der Waals surface area contributed by atoms with E-state index in [0.29, 0.717) is 16.4 Å². The average Bonchev–Trinajstić information content (AvgIpc) is 2.73. The van der Waals surface area contributed by atoms with Crippen molar-refractivity contribution < 1.29 is 14.3 Å². The lowest BCUT2D eigenvalue weighted by molar-refractivity contribution is -0.113. The van der Waals surface area contributed by atoms with Gasteiger partial charge in [0, 0.05) is 16.9 Å². The van der Waals surface area contributed by atoms with Gasteiger partial charge < -0.3 is 10.1 Å². The van der Waals surface area contributed by atoms with Crippen molar-refractivity contribution in [2.45, 2.75) is 19.0 Å². The van der Waals surface area contributed by atoms with E-state index in [4.69, 9.17) is 4.74 Å². The number of rotatable bonds is 6. The van der Waals surface area contributed by atoms with Crippen LogP contribution in [0, 0.1) is 13.8 Å². The third kappa shape index (κ3) is 5.42. The minimum absolute atomic E-state index is 0.152. The lowest BCUT2D eigenvalue weighted by Crippen LogP contribution is -2.16. The number of amides is 1. The lowest BCUT2D eigenvalue weighted by atomic mass is 10.1. The van der Waals surface area contributed by atoms with Crippen molar-refractivity contribution in [2.24, 2.45) is 0 Å². The first-order valence-corrected chi connectivity index (χ1v) is 9.97. The first-order chi connectivity index (χ1) is 14.0. The van der Waals surface area contributed by atoms with Crippen LogP contribution in [0.2, 0.25) is 0 Å². The van der Waals surface area contributed by atoms with E-state index in [1.54, 1.807) is 18.2 Å². The molecule has 0 radical (unpaired) electrons. The van der Waals surface area contributed by atoms with E-state index in [-0.39, 0.29) is 11.7 Å². The summed E-state index contributed by atoms with van der Waals surface area (Å²) < 4.78 is 4.73. The molecule has 7 heteroatoms. The van der Waals surface area contributed by atoms with E-state index >= 15 is 0 Å². The molecule has 6 nitrogen and oxygen atoms in total. The highest BCUT2D eigenvalue weighted by atomic mass is 32.2. The van der Waals surface area contributed by atoms with Crippen molar-refractivity contribution in [3.8, 4) is 11.3 Å². The van der Waals surface area contributed by atoms with Crippen molar-refractivity contribution in [3.05, 3.63) is 71.4 Å². The summed E-state index contributed by atoms with van der Waals surface area (Å²) in [7, 11) is 1.32. The van der Waals surface area contributed by atoms with E-state index in [9.17, 15) is 9.59 Å². The zero-order valence-corrected chi connectivity index (χ0v) is 17.2. The summed E-state index contributed by atoms with van der Waals surface area (Å²) in [6.07, 6.45) is 0. The van der Waals surface area contributed by atoms with Gasteiger partial charge in [-0.1, -0.05) is 48.2 Å². The molecule has 0 bridgehead atoms. The number of aromatic nitrogens is 2. The summed E-state index contributed by atoms with van der Waals surface area (Å²) in [6, 6.07) is 16.8. The maximum absolute atomic E-state index is 12.4. The molecule has 1 amide bonds. The normalized spacial score (nSPS) is 10.4. The van der Waals surface area contributed by atoms with Gasteiger partial charge in [-0.25, -0.2) is 14.8 Å². The molecule has 0 spiro atoms. The Labute approximate surface area is 173 Å². The van der Waals surface area contributed by atoms with Gasteiger partial charge in [-0.05, 0) is 37.6 Å². The second kappa shape index (κ2) is 9.34. The second-order valence-corrected chi connectivity index (χ2v) is 7.34. The van der Waals surface area contributed by atoms with E-state index in [2.05, 4.69) is 15.3 Å². The largest absolute Gasteiger partial charge is 0.465 e. The van der Waals surface area contributed by atoms with Crippen LogP contribution >= 0.6 is 11.8 Å². The first-order valence-electron chi connectivity index (χ1n) is 8.99. The van der Waals surface area contributed by atoms with Crippen LogP contribution in [0.1, 0.15) is 21.6 Å². The van der Waals surface area contributed by atoms with Crippen molar-refractivity contribution in [1.29, 1.82) is 0 Å². The average molecular weight is 407 g/mol. The third-order valence-electron chi connectivity index (χ3n) is 4.17. The highest BCUT2D eigenvalue weighted by Crippen LogP contribution is 2.22. The topological polar surface area (TPSA) is 81.2 Å². The second-order valence-electron chi connectivity index (χ2n) is 6.40. The monoisotopic (exact) mass is 407 g/mol. The van der Waals surface area contributed by atoms with E-state index in [0.717, 1.165) is 22.5 Å². The van der Waals surface area contributed by atoms with Crippen LogP contribution in [0.5, 0.6) is 0 Å². The number of methoxy groups -OCH3 is 1. The van der Waals surface area contributed by atoms with Gasteiger partial charge in [0.2, 0.25) is 5.91 Å². The van der Waals surface area contributed by atoms with Crippen molar-refractivity contribution in [1.82, 2.24) is 9.97 Å². The van der Waals surface area contributed by atoms with Gasteiger partial charge in [0.15, 0.2) is 5.16 Å². The highest BCUT2D eigenvalue weighted by molar-refractivity contribution is 7.99. The first kappa shape index (κ1) is 20.5. The molecule has 0 atom stereocenters. The van der Waals surface area contributed by atoms with Gasteiger partial charge in [0.25, 0.3) is 0 Å². The number of anilines is 1. The fourth-order valence-corrected chi connectivity index (χ4v) is 3.38. The molecule has 3 rings (SSSR count). The van der Waals surface area contributed by atoms with Crippen LogP contribution in [0.25, 0.3) is 11.3 Å². The fraction of sp³-hybridized carbons (Fsp3) is 0.182. The summed E-state index contributed by atoms with van der Waals surface area (Å²) in [5.74, 6) is -0.498. The third-order valence-corrected chi connectivity index (χ3v) is 5.02. The summed E-state index contributed by atoms with van der Waals surface area (Å²) in [5.41, 5.74) is 4.48. The Morgan fingerprint density at radius 2 is 1.79 bits per heavy atom. The summed E-state index contributed by atoms with van der Waals surface area (Å²) in [5, 5.41) is 3.38. The van der Waals surface area contributed by atoms with Crippen LogP contribution in [0.3, 0.4) is 0 Å². The van der Waals surface area contributed by atoms with E-state index < -0.39 is 5.97 Å². The number of esters is 1. The zero-order valence-electron chi connectivity index (χ0n) is 16.4. The number of hydrogen-bond acceptors (Lipinski definition) is 6. The standard InChI is InChI=1S/C22H21N3O3S/c1-14-9-10-17(21(27)28-3)12-18(14)24-20(26)13-29-22-23-15(2)11-19(25-22)16-7-5-4-6-8-16/h4-12H,13H2,1-3H3,(H,24,26).